The predicted octanol–water partition coefficient (Wildman–Crippen LogP) is 2.38. The number of piperidine rings is 2. The average molecular weight is 497 g/mol. The zero-order chi connectivity index (χ0) is 26.1. The number of allylic oxidation sites excluding steroid dienone is 5. The molecule has 0 aromatic carbocycles. The maximum atomic E-state index is 12.5. The van der Waals surface area contributed by atoms with Gasteiger partial charge in [0.15, 0.2) is 0 Å². The summed E-state index contributed by atoms with van der Waals surface area (Å²) >= 11 is 0. The first-order valence-corrected chi connectivity index (χ1v) is 13.5. The fraction of sp³-hybridized carbons (Fsp3) is 0.690. The smallest absolute Gasteiger partial charge is 0.236 e. The van der Waals surface area contributed by atoms with Crippen LogP contribution in [0.1, 0.15) is 53.4 Å². The number of nitrogens with zero attached hydrogens (tertiary/aromatic N) is 1. The van der Waals surface area contributed by atoms with Crippen LogP contribution in [0, 0.1) is 23.2 Å². The Labute approximate surface area is 215 Å². The summed E-state index contributed by atoms with van der Waals surface area (Å²) in [6.45, 7) is 8.91. The Hall–Kier alpha value is -1.93. The molecule has 9 atom stereocenters. The summed E-state index contributed by atoms with van der Waals surface area (Å²) in [7, 11) is 3.85. The topological polar surface area (TPSA) is 114 Å². The lowest BCUT2D eigenvalue weighted by molar-refractivity contribution is -0.135. The number of carbonyl (C=O) groups excluding carboxylic acids is 1. The van der Waals surface area contributed by atoms with Gasteiger partial charge in [0.05, 0.1) is 13.2 Å². The van der Waals surface area contributed by atoms with E-state index in [0.29, 0.717) is 12.3 Å². The summed E-state index contributed by atoms with van der Waals surface area (Å²) in [5.74, 6) is 0.872. The van der Waals surface area contributed by atoms with E-state index in [0.717, 1.165) is 31.3 Å². The number of nitrogens with one attached hydrogen (secondary N) is 1. The van der Waals surface area contributed by atoms with E-state index >= 15 is 0 Å². The van der Waals surface area contributed by atoms with Crippen LogP contribution < -0.4 is 16.8 Å². The number of aliphatic hydroxyl groups excluding tert-OH is 1. The van der Waals surface area contributed by atoms with Gasteiger partial charge in [0.2, 0.25) is 5.91 Å². The molecule has 0 aromatic rings. The van der Waals surface area contributed by atoms with Crippen molar-refractivity contribution in [2.24, 2.45) is 34.6 Å². The maximum absolute atomic E-state index is 12.5. The molecule has 2 saturated heterocycles. The Morgan fingerprint density at radius 3 is 2.78 bits per heavy atom. The molecule has 2 aliphatic heterocycles. The molecule has 0 saturated carbocycles. The number of rotatable bonds is 4. The lowest BCUT2D eigenvalue weighted by atomic mass is 9.46. The molecule has 2 heterocycles. The molecular weight excluding hydrogens is 452 g/mol. The van der Waals surface area contributed by atoms with E-state index in [1.807, 2.05) is 6.92 Å². The number of carbonyl (C=O) groups is 1. The van der Waals surface area contributed by atoms with Crippen LogP contribution in [0.25, 0.3) is 0 Å². The van der Waals surface area contributed by atoms with E-state index in [-0.39, 0.29) is 47.2 Å². The van der Waals surface area contributed by atoms with Crippen molar-refractivity contribution >= 4 is 5.91 Å². The summed E-state index contributed by atoms with van der Waals surface area (Å²) in [5.41, 5.74) is 19.6. The molecule has 3 aliphatic carbocycles. The number of fused-ring (bicyclic) bond motifs is 6. The van der Waals surface area contributed by atoms with Gasteiger partial charge in [0, 0.05) is 36.5 Å². The van der Waals surface area contributed by atoms with Crippen molar-refractivity contribution in [2.45, 2.75) is 83.6 Å². The van der Waals surface area contributed by atoms with Gasteiger partial charge in [-0.15, -0.1) is 0 Å². The van der Waals surface area contributed by atoms with Gasteiger partial charge in [-0.2, -0.15) is 0 Å². The third-order valence-corrected chi connectivity index (χ3v) is 10.1. The first-order chi connectivity index (χ1) is 17.0. The summed E-state index contributed by atoms with van der Waals surface area (Å²) in [6.07, 6.45) is 7.62. The minimum Gasteiger partial charge on any atom is -0.498 e. The van der Waals surface area contributed by atoms with Crippen LogP contribution >= 0.6 is 0 Å². The lowest BCUT2D eigenvalue weighted by Crippen LogP contribution is -2.74. The number of amides is 1. The summed E-state index contributed by atoms with van der Waals surface area (Å²) < 4.78 is 5.70. The maximum Gasteiger partial charge on any atom is 0.236 e. The van der Waals surface area contributed by atoms with Crippen molar-refractivity contribution in [2.75, 3.05) is 20.7 Å². The van der Waals surface area contributed by atoms with Crippen LogP contribution in [0.4, 0.5) is 0 Å². The molecule has 198 valence electrons. The number of ether oxygens (including phenoxy) is 1. The molecule has 2 fully saturated rings. The van der Waals surface area contributed by atoms with Crippen molar-refractivity contribution in [1.82, 2.24) is 10.2 Å². The van der Waals surface area contributed by atoms with Gasteiger partial charge >= 0.3 is 0 Å². The summed E-state index contributed by atoms with van der Waals surface area (Å²) in [4.78, 5) is 15.0. The minimum atomic E-state index is -0.671. The van der Waals surface area contributed by atoms with Crippen LogP contribution in [0.5, 0.6) is 0 Å². The van der Waals surface area contributed by atoms with Gasteiger partial charge in [0.1, 0.15) is 11.9 Å². The van der Waals surface area contributed by atoms with E-state index in [4.69, 9.17) is 16.2 Å². The number of methoxy groups -OCH3 is 1. The van der Waals surface area contributed by atoms with Crippen LogP contribution in [0.15, 0.2) is 45.8 Å². The fourth-order valence-electron chi connectivity index (χ4n) is 8.69. The highest BCUT2D eigenvalue weighted by atomic mass is 16.5. The highest BCUT2D eigenvalue weighted by molar-refractivity contribution is 5.81. The SMILES string of the molecule is COC1=C(C)C=C2C[C@@H]3[C@H](N)C4[C@@H](CNC(=O)[C@H](C)N)C5=C(CC(C)=CC5)C[C@@]4(C)C(C2C1O)N3C. The summed E-state index contributed by atoms with van der Waals surface area (Å²) in [6, 6.07) is -0.275. The second kappa shape index (κ2) is 9.12. The fourth-order valence-corrected chi connectivity index (χ4v) is 8.69. The van der Waals surface area contributed by atoms with Gasteiger partial charge in [-0.3, -0.25) is 9.69 Å². The molecule has 36 heavy (non-hydrogen) atoms. The predicted molar refractivity (Wildman–Crippen MR) is 142 cm³/mol. The first kappa shape index (κ1) is 25.7. The largest absolute Gasteiger partial charge is 0.498 e. The Kier molecular flexibility index (Phi) is 6.51. The number of likely N-dealkylation sites (N-methyl/N-ethyl adjacent to an activating group) is 1. The molecule has 7 nitrogen and oxygen atoms in total. The molecule has 0 aromatic heterocycles. The molecule has 0 spiro atoms. The highest BCUT2D eigenvalue weighted by Crippen LogP contribution is 2.62. The van der Waals surface area contributed by atoms with Gasteiger partial charge < -0.3 is 26.6 Å². The molecule has 5 aliphatic rings. The second-order valence-corrected chi connectivity index (χ2v) is 12.3. The lowest BCUT2D eigenvalue weighted by Gasteiger charge is -2.67. The Bertz CT molecular complexity index is 1070. The van der Waals surface area contributed by atoms with Crippen molar-refractivity contribution < 1.29 is 14.6 Å². The van der Waals surface area contributed by atoms with Crippen molar-refractivity contribution in [3.63, 3.8) is 0 Å². The molecule has 5 rings (SSSR count). The third-order valence-electron chi connectivity index (χ3n) is 10.1. The van der Waals surface area contributed by atoms with Crippen LogP contribution in [-0.4, -0.2) is 66.9 Å². The Balaban J connectivity index is 1.61. The minimum absolute atomic E-state index is 0.0356. The third kappa shape index (κ3) is 3.73. The van der Waals surface area contributed by atoms with E-state index < -0.39 is 12.1 Å². The number of hydrogen-bond donors (Lipinski definition) is 4. The number of hydrogen-bond acceptors (Lipinski definition) is 6. The van der Waals surface area contributed by atoms with E-state index in [1.165, 1.54) is 22.3 Å². The van der Waals surface area contributed by atoms with Gasteiger partial charge in [-0.1, -0.05) is 41.4 Å². The number of nitrogens with two attached hydrogens (primary N) is 2. The van der Waals surface area contributed by atoms with Crippen LogP contribution in [0.2, 0.25) is 0 Å². The van der Waals surface area contributed by atoms with Crippen LogP contribution in [-0.2, 0) is 9.53 Å². The van der Waals surface area contributed by atoms with Gasteiger partial charge in [-0.25, -0.2) is 0 Å². The Morgan fingerprint density at radius 2 is 2.11 bits per heavy atom. The monoisotopic (exact) mass is 496 g/mol. The zero-order valence-electron chi connectivity index (χ0n) is 22.7. The molecule has 6 N–H and O–H groups in total. The average Bonchev–Trinajstić information content (AvgIpc) is 2.80. The molecule has 0 radical (unpaired) electrons. The van der Waals surface area contributed by atoms with Crippen molar-refractivity contribution in [3.05, 3.63) is 45.8 Å². The van der Waals surface area contributed by atoms with Crippen molar-refractivity contribution in [1.29, 1.82) is 0 Å². The molecule has 4 unspecified atom stereocenters. The molecule has 7 heteroatoms. The summed E-state index contributed by atoms with van der Waals surface area (Å²) in [5, 5.41) is 14.8. The quantitative estimate of drug-likeness (QED) is 0.445. The van der Waals surface area contributed by atoms with Gasteiger partial charge in [0.25, 0.3) is 0 Å². The highest BCUT2D eigenvalue weighted by Gasteiger charge is 2.64. The van der Waals surface area contributed by atoms with E-state index in [9.17, 15) is 9.90 Å². The van der Waals surface area contributed by atoms with Crippen molar-refractivity contribution in [3.8, 4) is 0 Å². The number of aliphatic hydroxyl groups is 1. The Morgan fingerprint density at radius 1 is 1.39 bits per heavy atom. The normalized spacial score (nSPS) is 41.0. The van der Waals surface area contributed by atoms with Gasteiger partial charge in [-0.05, 0) is 70.4 Å². The van der Waals surface area contributed by atoms with E-state index in [1.54, 1.807) is 14.0 Å². The first-order valence-electron chi connectivity index (χ1n) is 13.5. The molecule has 2 bridgehead atoms. The standard InChI is InChI=1S/C29H44N4O3/c1-14-7-8-19-18(9-14)12-29(4)23(20(19)13-32-28(35)16(3)30)24(31)21-11-17-10-15(2)26(36-6)25(34)22(17)27(29)33(21)5/h7,10,16,20-25,27,34H,8-9,11-13,30-31H2,1-6H3,(H,32,35)/t16-,20-,21+,22?,23?,24-,25?,27?,29+/m0/s1. The second-order valence-electron chi connectivity index (χ2n) is 12.3. The molecular formula is C29H44N4O3. The molecule has 1 amide bonds. The van der Waals surface area contributed by atoms with Crippen LogP contribution in [0.3, 0.4) is 0 Å². The van der Waals surface area contributed by atoms with E-state index in [2.05, 4.69) is 43.3 Å². The zero-order valence-corrected chi connectivity index (χ0v) is 22.7.